The standard InChI is InChI=1S/C9H14FN2O13P3S/c1-3-5(13)8(22-7(3)12-2-4(10)6(14)11-9(12)29)23-27(18,19)25-28(20,21)24-26(15,16)17/h2-3,5,7-8,13H,1H3,(H,18,19)(H,20,21)(H,11,14,29)(H2,15,16,17)/t3?,5-,7-,8-/m1/s1. The summed E-state index contributed by atoms with van der Waals surface area (Å²) < 4.78 is 64.5. The number of aliphatic hydroxyl groups is 1. The first-order chi connectivity index (χ1) is 13.0. The van der Waals surface area contributed by atoms with E-state index < -0.39 is 59.4 Å². The zero-order chi connectivity index (χ0) is 22.4. The Kier molecular flexibility index (Phi) is 7.20. The number of H-pyrrole nitrogens is 1. The summed E-state index contributed by atoms with van der Waals surface area (Å²) in [6.45, 7) is 1.33. The molecule has 1 saturated heterocycles. The molecular formula is C9H14FN2O13P3S. The molecule has 0 bridgehead atoms. The molecule has 20 heteroatoms. The van der Waals surface area contributed by atoms with E-state index in [9.17, 15) is 32.9 Å². The lowest BCUT2D eigenvalue weighted by Gasteiger charge is -2.20. The summed E-state index contributed by atoms with van der Waals surface area (Å²) in [4.78, 5) is 48.8. The van der Waals surface area contributed by atoms with Crippen molar-refractivity contribution in [1.29, 1.82) is 0 Å². The van der Waals surface area contributed by atoms with Crippen molar-refractivity contribution in [2.45, 2.75) is 25.5 Å². The summed E-state index contributed by atoms with van der Waals surface area (Å²) in [5.74, 6) is -2.23. The van der Waals surface area contributed by atoms with Gasteiger partial charge in [0.1, 0.15) is 12.3 Å². The van der Waals surface area contributed by atoms with Crippen molar-refractivity contribution < 1.29 is 60.6 Å². The van der Waals surface area contributed by atoms with Crippen molar-refractivity contribution in [3.63, 3.8) is 0 Å². The summed E-state index contributed by atoms with van der Waals surface area (Å²) in [5.41, 5.74) is -1.12. The van der Waals surface area contributed by atoms with E-state index in [1.54, 1.807) is 0 Å². The Labute approximate surface area is 165 Å². The molecule has 0 spiro atoms. The molecular weight excluding hydrogens is 488 g/mol. The van der Waals surface area contributed by atoms with Gasteiger partial charge in [0.25, 0.3) is 5.56 Å². The van der Waals surface area contributed by atoms with E-state index in [0.717, 1.165) is 4.57 Å². The van der Waals surface area contributed by atoms with E-state index in [-0.39, 0.29) is 4.77 Å². The molecule has 166 valence electrons. The highest BCUT2D eigenvalue weighted by Gasteiger charge is 2.49. The summed E-state index contributed by atoms with van der Waals surface area (Å²) in [7, 11) is -16.9. The molecule has 1 fully saturated rings. The van der Waals surface area contributed by atoms with Gasteiger partial charge < -0.3 is 29.4 Å². The fourth-order valence-electron chi connectivity index (χ4n) is 2.24. The van der Waals surface area contributed by atoms with Crippen LogP contribution in [0.4, 0.5) is 4.39 Å². The molecule has 15 nitrogen and oxygen atoms in total. The fourth-order valence-corrected chi connectivity index (χ4v) is 5.59. The summed E-state index contributed by atoms with van der Waals surface area (Å²) in [6.07, 6.45) is -4.36. The fraction of sp³-hybridized carbons (Fsp3) is 0.556. The van der Waals surface area contributed by atoms with E-state index in [0.29, 0.717) is 6.20 Å². The Hall–Kier alpha value is -0.640. The van der Waals surface area contributed by atoms with Crippen LogP contribution in [-0.4, -0.2) is 46.6 Å². The lowest BCUT2D eigenvalue weighted by atomic mass is 10.1. The summed E-state index contributed by atoms with van der Waals surface area (Å²) in [6, 6.07) is 0. The van der Waals surface area contributed by atoms with Crippen molar-refractivity contribution in [3.8, 4) is 0 Å². The maximum absolute atomic E-state index is 13.5. The van der Waals surface area contributed by atoms with Crippen LogP contribution in [-0.2, 0) is 31.6 Å². The first kappa shape index (κ1) is 24.6. The van der Waals surface area contributed by atoms with Crippen molar-refractivity contribution in [1.82, 2.24) is 9.55 Å². The smallest absolute Gasteiger partial charge is 0.387 e. The van der Waals surface area contributed by atoms with Gasteiger partial charge in [0.05, 0.1) is 6.20 Å². The molecule has 29 heavy (non-hydrogen) atoms. The largest absolute Gasteiger partial charge is 0.490 e. The van der Waals surface area contributed by atoms with Crippen LogP contribution in [0.15, 0.2) is 11.0 Å². The SMILES string of the molecule is CC1[C@@H](O)[C@@H](OP(=O)(O)OP(=O)(O)OP(=O)(O)O)O[C@H]1n1cc(F)c(=O)[nH]c1=S. The minimum atomic E-state index is -5.77. The summed E-state index contributed by atoms with van der Waals surface area (Å²) in [5, 5.41) is 10.1. The monoisotopic (exact) mass is 502 g/mol. The van der Waals surface area contributed by atoms with E-state index in [1.165, 1.54) is 6.92 Å². The van der Waals surface area contributed by atoms with Crippen molar-refractivity contribution >= 4 is 35.7 Å². The zero-order valence-electron chi connectivity index (χ0n) is 14.0. The number of hydrogen-bond donors (Lipinski definition) is 6. The first-order valence-electron chi connectivity index (χ1n) is 7.18. The molecule has 0 aromatic carbocycles. The van der Waals surface area contributed by atoms with Gasteiger partial charge in [-0.1, -0.05) is 6.92 Å². The number of aliphatic hydroxyl groups excluding tert-OH is 1. The van der Waals surface area contributed by atoms with Crippen LogP contribution in [0.25, 0.3) is 0 Å². The third kappa shape index (κ3) is 6.42. The Bertz CT molecular complexity index is 1040. The van der Waals surface area contributed by atoms with Crippen LogP contribution in [0.2, 0.25) is 0 Å². The number of aromatic amines is 1. The average molecular weight is 502 g/mol. The molecule has 2 rings (SSSR count). The molecule has 1 aliphatic heterocycles. The Morgan fingerprint density at radius 3 is 2.34 bits per heavy atom. The lowest BCUT2D eigenvalue weighted by Crippen LogP contribution is -2.27. The number of halogens is 1. The Morgan fingerprint density at radius 2 is 1.79 bits per heavy atom. The number of phosphoric acid groups is 3. The van der Waals surface area contributed by atoms with Gasteiger partial charge in [0.2, 0.25) is 5.82 Å². The molecule has 2 heterocycles. The quantitative estimate of drug-likeness (QED) is 0.217. The molecule has 1 aromatic heterocycles. The van der Waals surface area contributed by atoms with E-state index >= 15 is 0 Å². The predicted octanol–water partition coefficient (Wildman–Crippen LogP) is 0.240. The van der Waals surface area contributed by atoms with Gasteiger partial charge in [-0.2, -0.15) is 13.0 Å². The van der Waals surface area contributed by atoms with E-state index in [4.69, 9.17) is 31.6 Å². The molecule has 0 radical (unpaired) electrons. The third-order valence-electron chi connectivity index (χ3n) is 3.39. The molecule has 3 unspecified atom stereocenters. The van der Waals surface area contributed by atoms with Gasteiger partial charge in [-0.3, -0.25) is 18.9 Å². The van der Waals surface area contributed by atoms with Gasteiger partial charge >= 0.3 is 23.5 Å². The highest BCUT2D eigenvalue weighted by Crippen LogP contribution is 2.67. The molecule has 0 amide bonds. The van der Waals surface area contributed by atoms with Crippen LogP contribution >= 0.6 is 35.7 Å². The number of nitrogens with zero attached hydrogens (tertiary/aromatic N) is 1. The van der Waals surface area contributed by atoms with Crippen LogP contribution in [0.3, 0.4) is 0 Å². The van der Waals surface area contributed by atoms with Crippen molar-refractivity contribution in [3.05, 3.63) is 27.1 Å². The minimum Gasteiger partial charge on any atom is -0.387 e. The molecule has 0 saturated carbocycles. The second-order valence-electron chi connectivity index (χ2n) is 5.58. The maximum atomic E-state index is 13.5. The second kappa shape index (κ2) is 8.48. The maximum Gasteiger partial charge on any atom is 0.490 e. The molecule has 1 aliphatic rings. The molecule has 0 aliphatic carbocycles. The summed E-state index contributed by atoms with van der Waals surface area (Å²) >= 11 is 4.85. The van der Waals surface area contributed by atoms with Gasteiger partial charge in [0.15, 0.2) is 11.1 Å². The van der Waals surface area contributed by atoms with Crippen LogP contribution in [0.1, 0.15) is 13.2 Å². The average Bonchev–Trinajstić information content (AvgIpc) is 2.75. The molecule has 6 atom stereocenters. The molecule has 1 aromatic rings. The highest BCUT2D eigenvalue weighted by molar-refractivity contribution is 7.71. The zero-order valence-corrected chi connectivity index (χ0v) is 17.5. The third-order valence-corrected chi connectivity index (χ3v) is 7.51. The van der Waals surface area contributed by atoms with Gasteiger partial charge in [-0.05, 0) is 12.2 Å². The van der Waals surface area contributed by atoms with Crippen molar-refractivity contribution in [2.75, 3.05) is 0 Å². The number of hydrogen-bond acceptors (Lipinski definition) is 10. The number of ether oxygens (including phenoxy) is 1. The predicted molar refractivity (Wildman–Crippen MR) is 89.9 cm³/mol. The highest BCUT2D eigenvalue weighted by atomic mass is 32.1. The van der Waals surface area contributed by atoms with Crippen molar-refractivity contribution in [2.24, 2.45) is 5.92 Å². The Morgan fingerprint density at radius 1 is 1.21 bits per heavy atom. The van der Waals surface area contributed by atoms with E-state index in [2.05, 4.69) is 13.1 Å². The second-order valence-corrected chi connectivity index (χ2v) is 10.3. The number of phosphoric ester groups is 1. The number of rotatable bonds is 7. The normalized spacial score (nSPS) is 29.3. The molecule has 6 N–H and O–H groups in total. The number of nitrogens with one attached hydrogen (secondary N) is 1. The van der Waals surface area contributed by atoms with Gasteiger partial charge in [0, 0.05) is 5.92 Å². The lowest BCUT2D eigenvalue weighted by molar-refractivity contribution is -0.134. The van der Waals surface area contributed by atoms with Gasteiger partial charge in [-0.25, -0.2) is 13.7 Å². The topological polar surface area (TPSA) is 227 Å². The Balaban J connectivity index is 2.20. The van der Waals surface area contributed by atoms with Gasteiger partial charge in [-0.15, -0.1) is 0 Å². The van der Waals surface area contributed by atoms with E-state index in [1.807, 2.05) is 4.98 Å². The van der Waals surface area contributed by atoms with Crippen LogP contribution < -0.4 is 5.56 Å². The van der Waals surface area contributed by atoms with Crippen LogP contribution in [0, 0.1) is 16.5 Å². The minimum absolute atomic E-state index is 0.320. The van der Waals surface area contributed by atoms with Crippen LogP contribution in [0.5, 0.6) is 0 Å². The first-order valence-corrected chi connectivity index (χ1v) is 12.1. The number of aromatic nitrogens is 2.